The number of aryl methyl sites for hydroxylation is 1. The monoisotopic (exact) mass is 373 g/mol. The van der Waals surface area contributed by atoms with Gasteiger partial charge in [0.25, 0.3) is 5.91 Å². The highest BCUT2D eigenvalue weighted by atomic mass is 16.2. The van der Waals surface area contributed by atoms with E-state index in [0.29, 0.717) is 25.1 Å². The minimum atomic E-state index is -0.117. The van der Waals surface area contributed by atoms with Crippen LogP contribution >= 0.6 is 0 Å². The molecule has 2 aromatic carbocycles. The van der Waals surface area contributed by atoms with Crippen LogP contribution in [0.4, 0.5) is 0 Å². The van der Waals surface area contributed by atoms with E-state index in [4.69, 9.17) is 0 Å². The molecule has 1 saturated heterocycles. The van der Waals surface area contributed by atoms with Crippen molar-refractivity contribution in [3.8, 4) is 11.1 Å². The van der Waals surface area contributed by atoms with E-state index in [1.165, 1.54) is 0 Å². The van der Waals surface area contributed by atoms with Crippen LogP contribution in [-0.4, -0.2) is 41.8 Å². The number of carbonyl (C=O) groups is 2. The standard InChI is InChI=1S/C23H23N3O2/c1-15-6-7-18-12-17(8-9-21(18)25-15)16-4-3-5-19(13-16)23(28)26-11-10-20(14-26)22(27)24-2/h3-9,12-13,20H,10-11,14H2,1-2H3,(H,24,27). The highest BCUT2D eigenvalue weighted by Crippen LogP contribution is 2.26. The van der Waals surface area contributed by atoms with Crippen LogP contribution in [0.25, 0.3) is 22.0 Å². The fourth-order valence-corrected chi connectivity index (χ4v) is 3.78. The molecule has 0 aliphatic carbocycles. The minimum absolute atomic E-state index is 0.00376. The molecule has 142 valence electrons. The molecule has 1 unspecified atom stereocenters. The van der Waals surface area contributed by atoms with E-state index in [1.807, 2.05) is 49.4 Å². The summed E-state index contributed by atoms with van der Waals surface area (Å²) in [6.45, 7) is 3.07. The van der Waals surface area contributed by atoms with Crippen LogP contribution in [0.2, 0.25) is 0 Å². The van der Waals surface area contributed by atoms with E-state index >= 15 is 0 Å². The number of rotatable bonds is 3. The number of carbonyl (C=O) groups excluding carboxylic acids is 2. The molecule has 0 radical (unpaired) electrons. The lowest BCUT2D eigenvalue weighted by Gasteiger charge is -2.17. The van der Waals surface area contributed by atoms with Gasteiger partial charge in [-0.25, -0.2) is 0 Å². The van der Waals surface area contributed by atoms with E-state index < -0.39 is 0 Å². The number of nitrogens with zero attached hydrogens (tertiary/aromatic N) is 2. The van der Waals surface area contributed by atoms with E-state index in [2.05, 4.69) is 22.4 Å². The largest absolute Gasteiger partial charge is 0.359 e. The van der Waals surface area contributed by atoms with Gasteiger partial charge in [-0.1, -0.05) is 24.3 Å². The summed E-state index contributed by atoms with van der Waals surface area (Å²) in [5.41, 5.74) is 4.66. The number of hydrogen-bond donors (Lipinski definition) is 1. The van der Waals surface area contributed by atoms with Gasteiger partial charge in [-0.2, -0.15) is 0 Å². The minimum Gasteiger partial charge on any atom is -0.359 e. The Balaban J connectivity index is 1.59. The molecule has 3 aromatic rings. The lowest BCUT2D eigenvalue weighted by atomic mass is 10.0. The molecule has 0 saturated carbocycles. The maximum atomic E-state index is 12.9. The van der Waals surface area contributed by atoms with Crippen LogP contribution in [0.3, 0.4) is 0 Å². The lowest BCUT2D eigenvalue weighted by Crippen LogP contribution is -2.33. The average molecular weight is 373 g/mol. The van der Waals surface area contributed by atoms with Gasteiger partial charge in [-0.3, -0.25) is 14.6 Å². The highest BCUT2D eigenvalue weighted by Gasteiger charge is 2.30. The third-order valence-electron chi connectivity index (χ3n) is 5.36. The van der Waals surface area contributed by atoms with Crippen molar-refractivity contribution in [2.75, 3.05) is 20.1 Å². The molecule has 0 bridgehead atoms. The summed E-state index contributed by atoms with van der Waals surface area (Å²) in [7, 11) is 1.64. The molecule has 1 fully saturated rings. The van der Waals surface area contributed by atoms with Gasteiger partial charge >= 0.3 is 0 Å². The quantitative estimate of drug-likeness (QED) is 0.765. The van der Waals surface area contributed by atoms with Crippen LogP contribution in [0.15, 0.2) is 54.6 Å². The molecule has 1 N–H and O–H groups in total. The first-order chi connectivity index (χ1) is 13.5. The Bertz CT molecular complexity index is 1060. The summed E-state index contributed by atoms with van der Waals surface area (Å²) in [5.74, 6) is -0.135. The fraction of sp³-hybridized carbons (Fsp3) is 0.261. The van der Waals surface area contributed by atoms with Gasteiger partial charge in [-0.05, 0) is 54.8 Å². The second kappa shape index (κ2) is 7.43. The van der Waals surface area contributed by atoms with Crippen molar-refractivity contribution in [2.24, 2.45) is 5.92 Å². The zero-order chi connectivity index (χ0) is 19.7. The van der Waals surface area contributed by atoms with Gasteiger partial charge in [0.2, 0.25) is 5.91 Å². The predicted molar refractivity (Wildman–Crippen MR) is 110 cm³/mol. The third-order valence-corrected chi connectivity index (χ3v) is 5.36. The Kier molecular flexibility index (Phi) is 4.82. The molecule has 5 nitrogen and oxygen atoms in total. The number of hydrogen-bond acceptors (Lipinski definition) is 3. The Morgan fingerprint density at radius 3 is 2.71 bits per heavy atom. The lowest BCUT2D eigenvalue weighted by molar-refractivity contribution is -0.124. The number of nitrogens with one attached hydrogen (secondary N) is 1. The Hall–Kier alpha value is -3.21. The number of fused-ring (bicyclic) bond motifs is 1. The average Bonchev–Trinajstić information content (AvgIpc) is 3.22. The molecule has 4 rings (SSSR count). The van der Waals surface area contributed by atoms with Gasteiger partial charge in [0.15, 0.2) is 0 Å². The molecule has 1 aliphatic heterocycles. The number of aromatic nitrogens is 1. The van der Waals surface area contributed by atoms with Crippen molar-refractivity contribution in [3.05, 3.63) is 65.9 Å². The number of amides is 2. The zero-order valence-corrected chi connectivity index (χ0v) is 16.1. The maximum absolute atomic E-state index is 12.9. The SMILES string of the molecule is CNC(=O)C1CCN(C(=O)c2cccc(-c3ccc4nc(C)ccc4c3)c2)C1. The highest BCUT2D eigenvalue weighted by molar-refractivity contribution is 5.96. The summed E-state index contributed by atoms with van der Waals surface area (Å²) in [6.07, 6.45) is 0.711. The number of benzene rings is 2. The van der Waals surface area contributed by atoms with Crippen molar-refractivity contribution >= 4 is 22.7 Å². The van der Waals surface area contributed by atoms with E-state index in [1.54, 1.807) is 11.9 Å². The first kappa shape index (κ1) is 18.2. The first-order valence-electron chi connectivity index (χ1n) is 9.54. The van der Waals surface area contributed by atoms with Crippen molar-refractivity contribution in [1.29, 1.82) is 0 Å². The topological polar surface area (TPSA) is 62.3 Å². The summed E-state index contributed by atoms with van der Waals surface area (Å²) < 4.78 is 0. The van der Waals surface area contributed by atoms with Crippen molar-refractivity contribution < 1.29 is 9.59 Å². The normalized spacial score (nSPS) is 16.4. The van der Waals surface area contributed by atoms with Gasteiger partial charge < -0.3 is 10.2 Å². The Labute approximate surface area is 164 Å². The van der Waals surface area contributed by atoms with Crippen LogP contribution in [0, 0.1) is 12.8 Å². The van der Waals surface area contributed by atoms with Crippen molar-refractivity contribution in [2.45, 2.75) is 13.3 Å². The Morgan fingerprint density at radius 2 is 1.89 bits per heavy atom. The van der Waals surface area contributed by atoms with E-state index in [9.17, 15) is 9.59 Å². The molecule has 1 atom stereocenters. The van der Waals surface area contributed by atoms with Crippen molar-refractivity contribution in [1.82, 2.24) is 15.2 Å². The van der Waals surface area contributed by atoms with Crippen LogP contribution < -0.4 is 5.32 Å². The number of pyridine rings is 1. The van der Waals surface area contributed by atoms with Gasteiger partial charge in [0.05, 0.1) is 11.4 Å². The number of likely N-dealkylation sites (tertiary alicyclic amines) is 1. The molecular weight excluding hydrogens is 350 g/mol. The second-order valence-electron chi connectivity index (χ2n) is 7.29. The van der Waals surface area contributed by atoms with E-state index in [0.717, 1.165) is 27.7 Å². The molecular formula is C23H23N3O2. The molecule has 5 heteroatoms. The molecule has 28 heavy (non-hydrogen) atoms. The molecule has 0 spiro atoms. The molecule has 2 amide bonds. The summed E-state index contributed by atoms with van der Waals surface area (Å²) in [6, 6.07) is 17.9. The smallest absolute Gasteiger partial charge is 0.253 e. The van der Waals surface area contributed by atoms with Gasteiger partial charge in [0, 0.05) is 36.8 Å². The fourth-order valence-electron chi connectivity index (χ4n) is 3.78. The summed E-state index contributed by atoms with van der Waals surface area (Å²) >= 11 is 0. The summed E-state index contributed by atoms with van der Waals surface area (Å²) in [5, 5.41) is 3.75. The maximum Gasteiger partial charge on any atom is 0.253 e. The molecule has 1 aromatic heterocycles. The zero-order valence-electron chi connectivity index (χ0n) is 16.1. The van der Waals surface area contributed by atoms with Gasteiger partial charge in [0.1, 0.15) is 0 Å². The first-order valence-corrected chi connectivity index (χ1v) is 9.54. The second-order valence-corrected chi connectivity index (χ2v) is 7.29. The predicted octanol–water partition coefficient (Wildman–Crippen LogP) is 3.42. The summed E-state index contributed by atoms with van der Waals surface area (Å²) in [4.78, 5) is 31.1. The van der Waals surface area contributed by atoms with Gasteiger partial charge in [-0.15, -0.1) is 0 Å². The third kappa shape index (κ3) is 3.48. The van der Waals surface area contributed by atoms with Crippen LogP contribution in [0.1, 0.15) is 22.5 Å². The Morgan fingerprint density at radius 1 is 1.07 bits per heavy atom. The van der Waals surface area contributed by atoms with Crippen LogP contribution in [0.5, 0.6) is 0 Å². The molecule has 2 heterocycles. The molecule has 1 aliphatic rings. The van der Waals surface area contributed by atoms with E-state index in [-0.39, 0.29) is 17.7 Å². The van der Waals surface area contributed by atoms with Crippen molar-refractivity contribution in [3.63, 3.8) is 0 Å². The van der Waals surface area contributed by atoms with Crippen LogP contribution in [-0.2, 0) is 4.79 Å².